The van der Waals surface area contributed by atoms with Crippen molar-refractivity contribution < 1.29 is 13.9 Å². The SMILES string of the molecule is COc1ccc(CN2CCOC(Cc3ccc(F)cc3)C2)cc1. The maximum Gasteiger partial charge on any atom is 0.123 e. The molecule has 0 aromatic heterocycles. The number of rotatable bonds is 5. The van der Waals surface area contributed by atoms with Gasteiger partial charge in [0.1, 0.15) is 11.6 Å². The topological polar surface area (TPSA) is 21.7 Å². The molecule has 1 fully saturated rings. The Morgan fingerprint density at radius 2 is 1.78 bits per heavy atom. The molecule has 1 unspecified atom stereocenters. The van der Waals surface area contributed by atoms with Gasteiger partial charge in [0.05, 0.1) is 19.8 Å². The summed E-state index contributed by atoms with van der Waals surface area (Å²) in [4.78, 5) is 2.40. The average Bonchev–Trinajstić information content (AvgIpc) is 2.58. The molecule has 1 heterocycles. The van der Waals surface area contributed by atoms with E-state index in [1.165, 1.54) is 17.7 Å². The van der Waals surface area contributed by atoms with Crippen LogP contribution in [-0.4, -0.2) is 37.8 Å². The molecule has 1 aliphatic rings. The second-order valence-electron chi connectivity index (χ2n) is 5.91. The first-order valence-electron chi connectivity index (χ1n) is 7.94. The molecule has 1 aliphatic heterocycles. The first-order chi connectivity index (χ1) is 11.2. The molecule has 1 atom stereocenters. The monoisotopic (exact) mass is 315 g/mol. The van der Waals surface area contributed by atoms with Crippen LogP contribution in [-0.2, 0) is 17.7 Å². The normalized spacial score (nSPS) is 18.8. The molecule has 23 heavy (non-hydrogen) atoms. The van der Waals surface area contributed by atoms with Crippen molar-refractivity contribution >= 4 is 0 Å². The van der Waals surface area contributed by atoms with Crippen molar-refractivity contribution in [2.45, 2.75) is 19.1 Å². The Bertz CT molecular complexity index is 612. The second kappa shape index (κ2) is 7.57. The molecule has 2 aromatic carbocycles. The molecule has 0 radical (unpaired) electrons. The van der Waals surface area contributed by atoms with E-state index in [0.717, 1.165) is 44.0 Å². The lowest BCUT2D eigenvalue weighted by molar-refractivity contribution is -0.0305. The van der Waals surface area contributed by atoms with E-state index < -0.39 is 0 Å². The van der Waals surface area contributed by atoms with E-state index in [4.69, 9.17) is 9.47 Å². The Morgan fingerprint density at radius 1 is 1.09 bits per heavy atom. The number of benzene rings is 2. The highest BCUT2D eigenvalue weighted by Gasteiger charge is 2.20. The smallest absolute Gasteiger partial charge is 0.123 e. The number of nitrogens with zero attached hydrogens (tertiary/aromatic N) is 1. The predicted molar refractivity (Wildman–Crippen MR) is 88.1 cm³/mol. The molecule has 3 rings (SSSR count). The number of methoxy groups -OCH3 is 1. The van der Waals surface area contributed by atoms with Crippen molar-refractivity contribution in [1.29, 1.82) is 0 Å². The van der Waals surface area contributed by atoms with Gasteiger partial charge in [-0.25, -0.2) is 4.39 Å². The van der Waals surface area contributed by atoms with Gasteiger partial charge in [0.25, 0.3) is 0 Å². The van der Waals surface area contributed by atoms with Gasteiger partial charge in [0, 0.05) is 19.6 Å². The number of ether oxygens (including phenoxy) is 2. The molecule has 0 aliphatic carbocycles. The molecule has 2 aromatic rings. The van der Waals surface area contributed by atoms with Crippen LogP contribution in [0.15, 0.2) is 48.5 Å². The molecule has 1 saturated heterocycles. The van der Waals surface area contributed by atoms with Crippen molar-refractivity contribution in [1.82, 2.24) is 4.90 Å². The van der Waals surface area contributed by atoms with Crippen molar-refractivity contribution in [2.75, 3.05) is 26.8 Å². The highest BCUT2D eigenvalue weighted by atomic mass is 19.1. The minimum absolute atomic E-state index is 0.160. The zero-order chi connectivity index (χ0) is 16.1. The lowest BCUT2D eigenvalue weighted by atomic mass is 10.1. The van der Waals surface area contributed by atoms with Crippen LogP contribution >= 0.6 is 0 Å². The number of morpholine rings is 1. The lowest BCUT2D eigenvalue weighted by Gasteiger charge is -2.33. The fourth-order valence-corrected chi connectivity index (χ4v) is 2.92. The van der Waals surface area contributed by atoms with Crippen LogP contribution in [0.3, 0.4) is 0 Å². The summed E-state index contributed by atoms with van der Waals surface area (Å²) in [6.07, 6.45) is 0.979. The molecule has 0 saturated carbocycles. The van der Waals surface area contributed by atoms with Crippen molar-refractivity contribution in [3.8, 4) is 5.75 Å². The molecule has 3 nitrogen and oxygen atoms in total. The van der Waals surface area contributed by atoms with Gasteiger partial charge < -0.3 is 9.47 Å². The second-order valence-corrected chi connectivity index (χ2v) is 5.91. The summed E-state index contributed by atoms with van der Waals surface area (Å²) in [5.41, 5.74) is 2.39. The average molecular weight is 315 g/mol. The summed E-state index contributed by atoms with van der Waals surface area (Å²) in [7, 11) is 1.68. The third-order valence-electron chi connectivity index (χ3n) is 4.16. The van der Waals surface area contributed by atoms with E-state index in [0.29, 0.717) is 0 Å². The summed E-state index contributed by atoms with van der Waals surface area (Å²) in [6, 6.07) is 14.9. The summed E-state index contributed by atoms with van der Waals surface area (Å²) < 4.78 is 24.0. The van der Waals surface area contributed by atoms with E-state index in [1.54, 1.807) is 7.11 Å². The zero-order valence-corrected chi connectivity index (χ0v) is 13.4. The fourth-order valence-electron chi connectivity index (χ4n) is 2.92. The maximum atomic E-state index is 13.0. The van der Waals surface area contributed by atoms with Crippen LogP contribution in [0.2, 0.25) is 0 Å². The van der Waals surface area contributed by atoms with E-state index >= 15 is 0 Å². The van der Waals surface area contributed by atoms with Crippen molar-refractivity contribution in [2.24, 2.45) is 0 Å². The number of halogens is 1. The van der Waals surface area contributed by atoms with Crippen molar-refractivity contribution in [3.63, 3.8) is 0 Å². The maximum absolute atomic E-state index is 13.0. The molecule has 0 spiro atoms. The van der Waals surface area contributed by atoms with Crippen LogP contribution in [0.4, 0.5) is 4.39 Å². The quantitative estimate of drug-likeness (QED) is 0.845. The van der Waals surface area contributed by atoms with Gasteiger partial charge in [-0.2, -0.15) is 0 Å². The Hall–Kier alpha value is -1.91. The van der Waals surface area contributed by atoms with Gasteiger partial charge in [0.15, 0.2) is 0 Å². The Balaban J connectivity index is 1.55. The van der Waals surface area contributed by atoms with Crippen LogP contribution in [0.1, 0.15) is 11.1 Å². The number of hydrogen-bond acceptors (Lipinski definition) is 3. The van der Waals surface area contributed by atoms with Gasteiger partial charge in [-0.1, -0.05) is 24.3 Å². The van der Waals surface area contributed by atoms with E-state index in [-0.39, 0.29) is 11.9 Å². The predicted octanol–water partition coefficient (Wildman–Crippen LogP) is 3.28. The standard InChI is InChI=1S/C19H22FNO2/c1-22-18-8-4-16(5-9-18)13-21-10-11-23-19(14-21)12-15-2-6-17(20)7-3-15/h2-9,19H,10-14H2,1H3. The van der Waals surface area contributed by atoms with E-state index in [9.17, 15) is 4.39 Å². The molecule has 0 bridgehead atoms. The van der Waals surface area contributed by atoms with Gasteiger partial charge in [-0.05, 0) is 41.8 Å². The first kappa shape index (κ1) is 16.0. The first-order valence-corrected chi connectivity index (χ1v) is 7.94. The third kappa shape index (κ3) is 4.53. The minimum atomic E-state index is -0.195. The van der Waals surface area contributed by atoms with Crippen LogP contribution in [0, 0.1) is 5.82 Å². The van der Waals surface area contributed by atoms with Gasteiger partial charge in [0.2, 0.25) is 0 Å². The lowest BCUT2D eigenvalue weighted by Crippen LogP contribution is -2.42. The molecule has 122 valence electrons. The Kier molecular flexibility index (Phi) is 5.26. The Morgan fingerprint density at radius 3 is 2.48 bits per heavy atom. The third-order valence-corrected chi connectivity index (χ3v) is 4.16. The molecular weight excluding hydrogens is 293 g/mol. The van der Waals surface area contributed by atoms with Crippen LogP contribution < -0.4 is 4.74 Å². The molecule has 0 amide bonds. The van der Waals surface area contributed by atoms with E-state index in [1.807, 2.05) is 24.3 Å². The van der Waals surface area contributed by atoms with Gasteiger partial charge in [-0.3, -0.25) is 4.90 Å². The summed E-state index contributed by atoms with van der Waals surface area (Å²) in [5.74, 6) is 0.685. The van der Waals surface area contributed by atoms with Gasteiger partial charge in [-0.15, -0.1) is 0 Å². The summed E-state index contributed by atoms with van der Waals surface area (Å²) in [5, 5.41) is 0. The highest BCUT2D eigenvalue weighted by Crippen LogP contribution is 2.17. The van der Waals surface area contributed by atoms with Crippen molar-refractivity contribution in [3.05, 3.63) is 65.5 Å². The highest BCUT2D eigenvalue weighted by molar-refractivity contribution is 5.27. The summed E-state index contributed by atoms with van der Waals surface area (Å²) >= 11 is 0. The molecular formula is C19H22FNO2. The largest absolute Gasteiger partial charge is 0.497 e. The zero-order valence-electron chi connectivity index (χ0n) is 13.4. The molecule has 0 N–H and O–H groups in total. The Labute approximate surface area is 136 Å². The fraction of sp³-hybridized carbons (Fsp3) is 0.368. The minimum Gasteiger partial charge on any atom is -0.497 e. The van der Waals surface area contributed by atoms with Gasteiger partial charge >= 0.3 is 0 Å². The molecule has 4 heteroatoms. The van der Waals surface area contributed by atoms with E-state index in [2.05, 4.69) is 17.0 Å². The van der Waals surface area contributed by atoms with Crippen LogP contribution in [0.5, 0.6) is 5.75 Å². The number of hydrogen-bond donors (Lipinski definition) is 0. The summed E-state index contributed by atoms with van der Waals surface area (Å²) in [6.45, 7) is 3.48. The van der Waals surface area contributed by atoms with Crippen LogP contribution in [0.25, 0.3) is 0 Å².